The first-order valence-corrected chi connectivity index (χ1v) is 10.3. The second kappa shape index (κ2) is 13.0. The van der Waals surface area contributed by atoms with Crippen molar-refractivity contribution in [3.8, 4) is 0 Å². The van der Waals surface area contributed by atoms with E-state index >= 15 is 0 Å². The number of aliphatic hydroxyl groups is 1. The average molecular weight is 554 g/mol. The number of rotatable bonds is 9. The number of halogens is 2. The number of hydrogen-bond donors (Lipinski definition) is 3. The largest absolute Gasteiger partial charge is 0.396 e. The minimum atomic E-state index is 0. The van der Waals surface area contributed by atoms with E-state index in [4.69, 9.17) is 4.74 Å². The van der Waals surface area contributed by atoms with Gasteiger partial charge in [-0.3, -0.25) is 4.99 Å². The average Bonchev–Trinajstić information content (AvgIpc) is 3.10. The molecule has 0 amide bonds. The number of guanidine groups is 1. The van der Waals surface area contributed by atoms with Crippen molar-refractivity contribution in [3.63, 3.8) is 0 Å². The van der Waals surface area contributed by atoms with Crippen molar-refractivity contribution in [3.05, 3.63) is 34.3 Å². The lowest BCUT2D eigenvalue weighted by molar-refractivity contribution is 0.127. The third-order valence-electron chi connectivity index (χ3n) is 5.23. The van der Waals surface area contributed by atoms with Crippen LogP contribution in [0.4, 0.5) is 0 Å². The number of aliphatic hydroxyl groups excluding tert-OH is 1. The van der Waals surface area contributed by atoms with Crippen LogP contribution < -0.4 is 10.6 Å². The Morgan fingerprint density at radius 3 is 2.81 bits per heavy atom. The molecule has 2 unspecified atom stereocenters. The Bertz CT molecular complexity index is 580. The van der Waals surface area contributed by atoms with E-state index in [1.165, 1.54) is 5.56 Å². The summed E-state index contributed by atoms with van der Waals surface area (Å²) >= 11 is 3.55. The number of aliphatic imine (C=N–C) groups is 1. The summed E-state index contributed by atoms with van der Waals surface area (Å²) in [6, 6.07) is 8.52. The standard InChI is InChI=1S/C20H32BrN3O2.HI/c1-3-16(11-17-5-4-6-18(21)12-17)13-23-19(22-2)24-14-20(7-9-25)8-10-26-15-20;/h4-6,12,16,25H,3,7-11,13-15H2,1-2H3,(H2,22,23,24);1H. The van der Waals surface area contributed by atoms with Crippen LogP contribution in [-0.2, 0) is 11.2 Å². The maximum absolute atomic E-state index is 9.35. The van der Waals surface area contributed by atoms with E-state index in [-0.39, 0.29) is 36.0 Å². The molecule has 0 saturated carbocycles. The molecule has 5 nitrogen and oxygen atoms in total. The molecule has 0 aliphatic carbocycles. The summed E-state index contributed by atoms with van der Waals surface area (Å²) in [7, 11) is 1.80. The smallest absolute Gasteiger partial charge is 0.191 e. The van der Waals surface area contributed by atoms with Crippen LogP contribution in [0.25, 0.3) is 0 Å². The highest BCUT2D eigenvalue weighted by Crippen LogP contribution is 2.31. The molecule has 27 heavy (non-hydrogen) atoms. The number of ether oxygens (including phenoxy) is 1. The molecule has 1 heterocycles. The van der Waals surface area contributed by atoms with Crippen molar-refractivity contribution < 1.29 is 9.84 Å². The summed E-state index contributed by atoms with van der Waals surface area (Å²) in [5.74, 6) is 1.37. The van der Waals surface area contributed by atoms with E-state index in [1.54, 1.807) is 7.05 Å². The fourth-order valence-electron chi connectivity index (χ4n) is 3.40. The topological polar surface area (TPSA) is 65.9 Å². The molecule has 1 aliphatic rings. The summed E-state index contributed by atoms with van der Waals surface area (Å²) in [5, 5.41) is 16.2. The van der Waals surface area contributed by atoms with Crippen LogP contribution in [0.15, 0.2) is 33.7 Å². The zero-order valence-electron chi connectivity index (χ0n) is 16.3. The molecule has 0 bridgehead atoms. The van der Waals surface area contributed by atoms with Crippen molar-refractivity contribution in [2.24, 2.45) is 16.3 Å². The lowest BCUT2D eigenvalue weighted by Crippen LogP contribution is -2.45. The molecular weight excluding hydrogens is 521 g/mol. The Balaban J connectivity index is 0.00000364. The lowest BCUT2D eigenvalue weighted by atomic mass is 9.84. The highest BCUT2D eigenvalue weighted by Gasteiger charge is 2.34. The van der Waals surface area contributed by atoms with Gasteiger partial charge in [-0.25, -0.2) is 0 Å². The molecule has 1 aromatic rings. The first-order chi connectivity index (χ1) is 12.6. The quantitative estimate of drug-likeness (QED) is 0.248. The predicted molar refractivity (Wildman–Crippen MR) is 126 cm³/mol. The Kier molecular flexibility index (Phi) is 11.8. The van der Waals surface area contributed by atoms with Gasteiger partial charge in [-0.15, -0.1) is 24.0 Å². The van der Waals surface area contributed by atoms with E-state index in [2.05, 4.69) is 62.7 Å². The van der Waals surface area contributed by atoms with Crippen LogP contribution in [0.2, 0.25) is 0 Å². The van der Waals surface area contributed by atoms with Gasteiger partial charge in [0.15, 0.2) is 5.96 Å². The van der Waals surface area contributed by atoms with Crippen LogP contribution in [0.5, 0.6) is 0 Å². The van der Waals surface area contributed by atoms with Gasteiger partial charge in [-0.05, 0) is 42.9 Å². The number of benzene rings is 1. The van der Waals surface area contributed by atoms with E-state index in [0.717, 1.165) is 55.8 Å². The summed E-state index contributed by atoms with van der Waals surface area (Å²) in [4.78, 5) is 4.35. The van der Waals surface area contributed by atoms with Gasteiger partial charge < -0.3 is 20.5 Å². The van der Waals surface area contributed by atoms with Crippen LogP contribution in [0, 0.1) is 11.3 Å². The van der Waals surface area contributed by atoms with Gasteiger partial charge in [0.2, 0.25) is 0 Å². The van der Waals surface area contributed by atoms with Crippen LogP contribution in [0.3, 0.4) is 0 Å². The van der Waals surface area contributed by atoms with Crippen molar-refractivity contribution in [2.45, 2.75) is 32.6 Å². The zero-order valence-corrected chi connectivity index (χ0v) is 20.3. The second-order valence-corrected chi connectivity index (χ2v) is 8.11. The summed E-state index contributed by atoms with van der Waals surface area (Å²) < 4.78 is 6.68. The van der Waals surface area contributed by atoms with Gasteiger partial charge in [-0.2, -0.15) is 0 Å². The molecule has 2 rings (SSSR count). The predicted octanol–water partition coefficient (Wildman–Crippen LogP) is 3.59. The monoisotopic (exact) mass is 553 g/mol. The van der Waals surface area contributed by atoms with Gasteiger partial charge in [0.05, 0.1) is 6.61 Å². The fraction of sp³-hybridized carbons (Fsp3) is 0.650. The SMILES string of the molecule is CCC(CNC(=NC)NCC1(CCO)CCOC1)Cc1cccc(Br)c1.I. The molecule has 1 fully saturated rings. The molecule has 7 heteroatoms. The molecular formula is C20H33BrIN3O2. The van der Waals surface area contributed by atoms with Gasteiger partial charge >= 0.3 is 0 Å². The van der Waals surface area contributed by atoms with E-state index in [1.807, 2.05) is 0 Å². The molecule has 1 aliphatic heterocycles. The fourth-order valence-corrected chi connectivity index (χ4v) is 3.85. The second-order valence-electron chi connectivity index (χ2n) is 7.19. The Labute approximate surface area is 188 Å². The normalized spacial score (nSPS) is 20.8. The minimum Gasteiger partial charge on any atom is -0.396 e. The van der Waals surface area contributed by atoms with E-state index in [9.17, 15) is 5.11 Å². The first kappa shape index (κ1) is 24.7. The maximum atomic E-state index is 9.35. The molecule has 0 radical (unpaired) electrons. The van der Waals surface area contributed by atoms with Crippen molar-refractivity contribution in [2.75, 3.05) is 40.0 Å². The first-order valence-electron chi connectivity index (χ1n) is 9.48. The molecule has 154 valence electrons. The maximum Gasteiger partial charge on any atom is 0.191 e. The van der Waals surface area contributed by atoms with Crippen LogP contribution in [-0.4, -0.2) is 51.0 Å². The summed E-state index contributed by atoms with van der Waals surface area (Å²) in [6.07, 6.45) is 3.90. The molecule has 1 aromatic carbocycles. The van der Waals surface area contributed by atoms with Gasteiger partial charge in [0.25, 0.3) is 0 Å². The molecule has 0 aromatic heterocycles. The third-order valence-corrected chi connectivity index (χ3v) is 5.72. The van der Waals surface area contributed by atoms with Crippen LogP contribution >= 0.6 is 39.9 Å². The molecule has 0 spiro atoms. The van der Waals surface area contributed by atoms with Crippen molar-refractivity contribution >= 4 is 45.9 Å². The lowest BCUT2D eigenvalue weighted by Gasteiger charge is -2.28. The Morgan fingerprint density at radius 2 is 2.22 bits per heavy atom. The molecule has 2 atom stereocenters. The van der Waals surface area contributed by atoms with Gasteiger partial charge in [-0.1, -0.05) is 41.4 Å². The Hall–Kier alpha value is -0.380. The summed E-state index contributed by atoms with van der Waals surface area (Å²) in [5.41, 5.74) is 1.37. The highest BCUT2D eigenvalue weighted by molar-refractivity contribution is 14.0. The zero-order chi connectivity index (χ0) is 18.8. The number of hydrogen-bond acceptors (Lipinski definition) is 3. The Morgan fingerprint density at radius 1 is 1.41 bits per heavy atom. The molecule has 1 saturated heterocycles. The summed E-state index contributed by atoms with van der Waals surface area (Å²) in [6.45, 7) is 5.56. The van der Waals surface area contributed by atoms with Gasteiger partial charge in [0, 0.05) is 43.2 Å². The number of nitrogens with zero attached hydrogens (tertiary/aromatic N) is 1. The van der Waals surface area contributed by atoms with E-state index < -0.39 is 0 Å². The van der Waals surface area contributed by atoms with Crippen molar-refractivity contribution in [1.29, 1.82) is 0 Å². The number of nitrogens with one attached hydrogen (secondary N) is 2. The van der Waals surface area contributed by atoms with E-state index in [0.29, 0.717) is 12.5 Å². The minimum absolute atomic E-state index is 0. The van der Waals surface area contributed by atoms with Gasteiger partial charge in [0.1, 0.15) is 0 Å². The third kappa shape index (κ3) is 8.25. The van der Waals surface area contributed by atoms with Crippen molar-refractivity contribution in [1.82, 2.24) is 10.6 Å². The highest BCUT2D eigenvalue weighted by atomic mass is 127. The van der Waals surface area contributed by atoms with Crippen LogP contribution in [0.1, 0.15) is 31.7 Å². The molecule has 3 N–H and O–H groups in total.